The average molecular weight is 175 g/mol. The Morgan fingerprint density at radius 3 is 2.55 bits per heavy atom. The van der Waals surface area contributed by atoms with Gasteiger partial charge in [0.1, 0.15) is 5.15 Å². The second-order valence-corrected chi connectivity index (χ2v) is 1.73. The molecule has 0 unspecified atom stereocenters. The third kappa shape index (κ3) is 3.75. The van der Waals surface area contributed by atoms with Crippen LogP contribution in [0.15, 0.2) is 12.3 Å². The monoisotopic (exact) mass is 174 g/mol. The van der Waals surface area contributed by atoms with Crippen LogP contribution in [0.5, 0.6) is 0 Å². The van der Waals surface area contributed by atoms with Gasteiger partial charge >= 0.3 is 0 Å². The predicted molar refractivity (Wildman–Crippen MR) is 46.2 cm³/mol. The number of rotatable bonds is 1. The predicted octanol–water partition coefficient (Wildman–Crippen LogP) is 1.44. The molecular formula is C6H11ClN4. The van der Waals surface area contributed by atoms with Gasteiger partial charge < -0.3 is 0 Å². The van der Waals surface area contributed by atoms with Gasteiger partial charge in [0, 0.05) is 6.20 Å². The Labute approximate surface area is 70.8 Å². The first kappa shape index (κ1) is 10.1. The fourth-order valence-corrected chi connectivity index (χ4v) is 0.543. The lowest BCUT2D eigenvalue weighted by atomic mass is 10.7. The molecule has 0 radical (unpaired) electrons. The summed E-state index contributed by atoms with van der Waals surface area (Å²) < 4.78 is 0. The number of nitrogens with one attached hydrogen (secondary N) is 1. The van der Waals surface area contributed by atoms with Gasteiger partial charge in [-0.05, 0) is 6.07 Å². The first-order chi connectivity index (χ1) is 5.33. The van der Waals surface area contributed by atoms with Gasteiger partial charge in [-0.1, -0.05) is 25.4 Å². The van der Waals surface area contributed by atoms with Crippen LogP contribution in [0.3, 0.4) is 0 Å². The van der Waals surface area contributed by atoms with Crippen molar-refractivity contribution in [1.29, 1.82) is 0 Å². The van der Waals surface area contributed by atoms with Crippen LogP contribution < -0.4 is 11.3 Å². The molecule has 0 aliphatic carbocycles. The molecule has 0 aliphatic rings. The van der Waals surface area contributed by atoms with Crippen molar-refractivity contribution in [3.05, 3.63) is 17.4 Å². The van der Waals surface area contributed by atoms with E-state index in [1.807, 2.05) is 13.8 Å². The zero-order valence-electron chi connectivity index (χ0n) is 6.50. The van der Waals surface area contributed by atoms with Crippen LogP contribution in [0.4, 0.5) is 5.95 Å². The molecule has 0 amide bonds. The summed E-state index contributed by atoms with van der Waals surface area (Å²) in [4.78, 5) is 7.44. The van der Waals surface area contributed by atoms with Crippen LogP contribution in [0.2, 0.25) is 5.15 Å². The van der Waals surface area contributed by atoms with Crippen LogP contribution in [0.25, 0.3) is 0 Å². The van der Waals surface area contributed by atoms with Crippen molar-refractivity contribution >= 4 is 17.5 Å². The lowest BCUT2D eigenvalue weighted by molar-refractivity contribution is 1.12. The number of hydrogen-bond acceptors (Lipinski definition) is 4. The van der Waals surface area contributed by atoms with Gasteiger partial charge in [-0.2, -0.15) is 0 Å². The molecular weight excluding hydrogens is 164 g/mol. The van der Waals surface area contributed by atoms with Crippen LogP contribution in [-0.4, -0.2) is 9.97 Å². The standard InChI is InChI=1S/C4H5ClN4.C2H6/c5-3-1-2-7-4(8-3)9-6;1-2/h1-2H,6H2,(H,7,8,9);1-2H3. The highest BCUT2D eigenvalue weighted by atomic mass is 35.5. The number of hydrazine groups is 1. The molecule has 1 aromatic heterocycles. The minimum absolute atomic E-state index is 0.322. The SMILES string of the molecule is CC.NNc1nccc(Cl)n1. The number of halogens is 1. The van der Waals surface area contributed by atoms with E-state index in [9.17, 15) is 0 Å². The van der Waals surface area contributed by atoms with E-state index in [0.29, 0.717) is 11.1 Å². The van der Waals surface area contributed by atoms with E-state index in [2.05, 4.69) is 15.4 Å². The lowest BCUT2D eigenvalue weighted by Gasteiger charge is -1.94. The summed E-state index contributed by atoms with van der Waals surface area (Å²) >= 11 is 5.48. The van der Waals surface area contributed by atoms with Crippen LogP contribution in [0.1, 0.15) is 13.8 Å². The molecule has 5 heteroatoms. The third-order valence-corrected chi connectivity index (χ3v) is 0.961. The molecule has 11 heavy (non-hydrogen) atoms. The summed E-state index contributed by atoms with van der Waals surface area (Å²) in [5, 5.41) is 0.373. The van der Waals surface area contributed by atoms with Gasteiger partial charge in [-0.15, -0.1) is 0 Å². The number of nitrogen functional groups attached to an aromatic ring is 1. The highest BCUT2D eigenvalue weighted by Crippen LogP contribution is 2.03. The fraction of sp³-hybridized carbons (Fsp3) is 0.333. The highest BCUT2D eigenvalue weighted by Gasteiger charge is 1.90. The van der Waals surface area contributed by atoms with Crippen molar-refractivity contribution in [2.24, 2.45) is 5.84 Å². The second kappa shape index (κ2) is 5.88. The minimum Gasteiger partial charge on any atom is -0.292 e. The Morgan fingerprint density at radius 1 is 1.55 bits per heavy atom. The molecule has 1 aromatic rings. The highest BCUT2D eigenvalue weighted by molar-refractivity contribution is 6.29. The Hall–Kier alpha value is -0.870. The maximum atomic E-state index is 5.48. The molecule has 0 aromatic carbocycles. The molecule has 0 aliphatic heterocycles. The van der Waals surface area contributed by atoms with Crippen LogP contribution in [-0.2, 0) is 0 Å². The summed E-state index contributed by atoms with van der Waals surface area (Å²) in [6.45, 7) is 4.00. The molecule has 62 valence electrons. The van der Waals surface area contributed by atoms with E-state index >= 15 is 0 Å². The Morgan fingerprint density at radius 2 is 2.18 bits per heavy atom. The van der Waals surface area contributed by atoms with Gasteiger partial charge in [0.15, 0.2) is 0 Å². The van der Waals surface area contributed by atoms with Gasteiger partial charge in [-0.25, -0.2) is 15.8 Å². The van der Waals surface area contributed by atoms with Crippen molar-refractivity contribution in [2.45, 2.75) is 13.8 Å². The topological polar surface area (TPSA) is 63.8 Å². The first-order valence-corrected chi connectivity index (χ1v) is 3.66. The normalized spacial score (nSPS) is 8.00. The zero-order valence-corrected chi connectivity index (χ0v) is 7.26. The molecule has 4 nitrogen and oxygen atoms in total. The molecule has 0 atom stereocenters. The molecule has 0 saturated heterocycles. The molecule has 3 N–H and O–H groups in total. The quantitative estimate of drug-likeness (QED) is 0.384. The lowest BCUT2D eigenvalue weighted by Crippen LogP contribution is -2.09. The Bertz CT molecular complexity index is 204. The molecule has 0 saturated carbocycles. The summed E-state index contributed by atoms with van der Waals surface area (Å²) in [6, 6.07) is 1.57. The van der Waals surface area contributed by atoms with Crippen molar-refractivity contribution in [2.75, 3.05) is 5.43 Å². The smallest absolute Gasteiger partial charge is 0.238 e. The van der Waals surface area contributed by atoms with E-state index in [0.717, 1.165) is 0 Å². The maximum absolute atomic E-state index is 5.48. The van der Waals surface area contributed by atoms with Gasteiger partial charge in [0.05, 0.1) is 0 Å². The first-order valence-electron chi connectivity index (χ1n) is 3.28. The van der Waals surface area contributed by atoms with E-state index < -0.39 is 0 Å². The van der Waals surface area contributed by atoms with Crippen LogP contribution in [0, 0.1) is 0 Å². The molecule has 1 heterocycles. The average Bonchev–Trinajstić information content (AvgIpc) is 2.08. The van der Waals surface area contributed by atoms with Crippen LogP contribution >= 0.6 is 11.6 Å². The van der Waals surface area contributed by atoms with E-state index in [4.69, 9.17) is 17.4 Å². The number of hydrogen-bond donors (Lipinski definition) is 2. The minimum atomic E-state index is 0.322. The fourth-order valence-electron chi connectivity index (χ4n) is 0.406. The summed E-state index contributed by atoms with van der Waals surface area (Å²) in [5.74, 6) is 5.31. The molecule has 0 bridgehead atoms. The summed E-state index contributed by atoms with van der Waals surface area (Å²) in [6.07, 6.45) is 1.52. The molecule has 0 fully saturated rings. The molecule has 0 spiro atoms. The largest absolute Gasteiger partial charge is 0.292 e. The van der Waals surface area contributed by atoms with E-state index in [1.54, 1.807) is 6.07 Å². The summed E-state index contributed by atoms with van der Waals surface area (Å²) in [7, 11) is 0. The summed E-state index contributed by atoms with van der Waals surface area (Å²) in [5.41, 5.74) is 2.26. The Kier molecular flexibility index (Phi) is 5.42. The van der Waals surface area contributed by atoms with Crippen molar-refractivity contribution in [1.82, 2.24) is 9.97 Å². The van der Waals surface area contributed by atoms with E-state index in [-0.39, 0.29) is 0 Å². The van der Waals surface area contributed by atoms with Gasteiger partial charge in [0.2, 0.25) is 5.95 Å². The van der Waals surface area contributed by atoms with Crippen molar-refractivity contribution < 1.29 is 0 Å². The van der Waals surface area contributed by atoms with Crippen molar-refractivity contribution in [3.8, 4) is 0 Å². The second-order valence-electron chi connectivity index (χ2n) is 1.35. The van der Waals surface area contributed by atoms with Crippen molar-refractivity contribution in [3.63, 3.8) is 0 Å². The maximum Gasteiger partial charge on any atom is 0.238 e. The van der Waals surface area contributed by atoms with E-state index in [1.165, 1.54) is 6.20 Å². The number of aromatic nitrogens is 2. The molecule has 1 rings (SSSR count). The number of anilines is 1. The third-order valence-electron chi connectivity index (χ3n) is 0.751. The number of nitrogens with zero attached hydrogens (tertiary/aromatic N) is 2. The number of nitrogens with two attached hydrogens (primary N) is 1. The van der Waals surface area contributed by atoms with Gasteiger partial charge in [-0.3, -0.25) is 5.43 Å². The zero-order chi connectivity index (χ0) is 8.69. The Balaban J connectivity index is 0.000000461. The van der Waals surface area contributed by atoms with Gasteiger partial charge in [0.25, 0.3) is 0 Å².